The SMILES string of the molecule is CCS(=O)(=O)NC1CCC(CNc2cc(F)c3c(c2)OC(F)(F)O3)CC1. The maximum Gasteiger partial charge on any atom is 0.586 e. The van der Waals surface area contributed by atoms with Crippen molar-refractivity contribution < 1.29 is 31.1 Å². The zero-order chi connectivity index (χ0) is 18.9. The molecular formula is C16H21F3N2O4S. The molecule has 0 unspecified atom stereocenters. The van der Waals surface area contributed by atoms with Crippen LogP contribution in [0.15, 0.2) is 12.1 Å². The van der Waals surface area contributed by atoms with Gasteiger partial charge >= 0.3 is 6.29 Å². The van der Waals surface area contributed by atoms with Crippen LogP contribution in [0.5, 0.6) is 11.5 Å². The lowest BCUT2D eigenvalue weighted by Crippen LogP contribution is -2.39. The first-order valence-corrected chi connectivity index (χ1v) is 10.2. The number of alkyl halides is 2. The molecule has 2 N–H and O–H groups in total. The molecule has 1 aromatic carbocycles. The first kappa shape index (κ1) is 19.1. The van der Waals surface area contributed by atoms with Crippen LogP contribution in [0.2, 0.25) is 0 Å². The van der Waals surface area contributed by atoms with Crippen LogP contribution in [-0.2, 0) is 10.0 Å². The largest absolute Gasteiger partial charge is 0.586 e. The van der Waals surface area contributed by atoms with Crippen molar-refractivity contribution in [3.05, 3.63) is 17.9 Å². The zero-order valence-corrected chi connectivity index (χ0v) is 15.0. The van der Waals surface area contributed by atoms with Crippen molar-refractivity contribution in [2.45, 2.75) is 44.9 Å². The number of sulfonamides is 1. The number of hydrogen-bond donors (Lipinski definition) is 2. The second-order valence-electron chi connectivity index (χ2n) is 6.57. The van der Waals surface area contributed by atoms with E-state index < -0.39 is 27.9 Å². The van der Waals surface area contributed by atoms with Crippen LogP contribution in [0.25, 0.3) is 0 Å². The molecule has 26 heavy (non-hydrogen) atoms. The molecule has 1 fully saturated rings. The Labute approximate surface area is 150 Å². The van der Waals surface area contributed by atoms with Gasteiger partial charge in [-0.25, -0.2) is 17.5 Å². The van der Waals surface area contributed by atoms with Crippen molar-refractivity contribution in [2.75, 3.05) is 17.6 Å². The van der Waals surface area contributed by atoms with Crippen LogP contribution in [0.3, 0.4) is 0 Å². The van der Waals surface area contributed by atoms with Gasteiger partial charge in [-0.2, -0.15) is 0 Å². The molecule has 1 heterocycles. The Kier molecular flexibility index (Phi) is 5.25. The predicted octanol–water partition coefficient (Wildman–Crippen LogP) is 3.06. The average Bonchev–Trinajstić information content (AvgIpc) is 2.89. The fourth-order valence-corrected chi connectivity index (χ4v) is 4.11. The average molecular weight is 394 g/mol. The lowest BCUT2D eigenvalue weighted by molar-refractivity contribution is -0.287. The van der Waals surface area contributed by atoms with Crippen LogP contribution < -0.4 is 19.5 Å². The molecule has 3 rings (SSSR count). The number of hydrogen-bond acceptors (Lipinski definition) is 5. The molecule has 0 atom stereocenters. The van der Waals surface area contributed by atoms with Crippen LogP contribution in [0, 0.1) is 11.7 Å². The minimum Gasteiger partial charge on any atom is -0.395 e. The number of ether oxygens (including phenoxy) is 2. The van der Waals surface area contributed by atoms with E-state index in [9.17, 15) is 21.6 Å². The molecule has 0 saturated heterocycles. The molecule has 0 bridgehead atoms. The highest BCUT2D eigenvalue weighted by atomic mass is 32.2. The standard InChI is InChI=1S/C16H21F3N2O4S/c1-2-26(22,23)21-11-5-3-10(4-6-11)9-20-12-7-13(17)15-14(8-12)24-16(18,19)25-15/h7-8,10-11,20-21H,2-6,9H2,1H3. The fourth-order valence-electron chi connectivity index (χ4n) is 3.20. The van der Waals surface area contributed by atoms with Gasteiger partial charge in [-0.1, -0.05) is 0 Å². The summed E-state index contributed by atoms with van der Waals surface area (Å²) in [6.07, 6.45) is -0.767. The van der Waals surface area contributed by atoms with Gasteiger partial charge < -0.3 is 14.8 Å². The number of halogens is 3. The summed E-state index contributed by atoms with van der Waals surface area (Å²) in [6.45, 7) is 2.13. The molecule has 10 heteroatoms. The summed E-state index contributed by atoms with van der Waals surface area (Å²) < 4.78 is 74.2. The molecule has 2 aliphatic rings. The monoisotopic (exact) mass is 394 g/mol. The molecule has 0 radical (unpaired) electrons. The van der Waals surface area contributed by atoms with E-state index in [4.69, 9.17) is 0 Å². The molecule has 0 spiro atoms. The fraction of sp³-hybridized carbons (Fsp3) is 0.625. The molecule has 146 valence electrons. The second kappa shape index (κ2) is 7.15. The van der Waals surface area contributed by atoms with E-state index in [2.05, 4.69) is 19.5 Å². The lowest BCUT2D eigenvalue weighted by atomic mass is 9.86. The van der Waals surface area contributed by atoms with Crippen molar-refractivity contribution >= 4 is 15.7 Å². The van der Waals surface area contributed by atoms with Gasteiger partial charge in [0.15, 0.2) is 11.6 Å². The first-order valence-electron chi connectivity index (χ1n) is 8.50. The van der Waals surface area contributed by atoms with Crippen molar-refractivity contribution in [3.8, 4) is 11.5 Å². The smallest absolute Gasteiger partial charge is 0.395 e. The summed E-state index contributed by atoms with van der Waals surface area (Å²) >= 11 is 0. The van der Waals surface area contributed by atoms with E-state index >= 15 is 0 Å². The van der Waals surface area contributed by atoms with E-state index in [1.165, 1.54) is 6.07 Å². The summed E-state index contributed by atoms with van der Waals surface area (Å²) in [5.74, 6) is -1.50. The van der Waals surface area contributed by atoms with E-state index in [0.717, 1.165) is 31.7 Å². The molecular weight excluding hydrogens is 373 g/mol. The third kappa shape index (κ3) is 4.53. The Morgan fingerprint density at radius 1 is 1.19 bits per heavy atom. The highest BCUT2D eigenvalue weighted by molar-refractivity contribution is 7.89. The molecule has 1 aromatic rings. The van der Waals surface area contributed by atoms with Gasteiger partial charge in [-0.3, -0.25) is 0 Å². The quantitative estimate of drug-likeness (QED) is 0.776. The van der Waals surface area contributed by atoms with Crippen molar-refractivity contribution in [1.29, 1.82) is 0 Å². The van der Waals surface area contributed by atoms with E-state index in [1.807, 2.05) is 0 Å². The Bertz CT molecular complexity index is 765. The van der Waals surface area contributed by atoms with Gasteiger partial charge in [-0.15, -0.1) is 8.78 Å². The predicted molar refractivity (Wildman–Crippen MR) is 89.4 cm³/mol. The van der Waals surface area contributed by atoms with Crippen LogP contribution in [-0.4, -0.2) is 33.1 Å². The van der Waals surface area contributed by atoms with Gasteiger partial charge in [0.25, 0.3) is 0 Å². The van der Waals surface area contributed by atoms with E-state index in [-0.39, 0.29) is 23.5 Å². The van der Waals surface area contributed by atoms with Gasteiger partial charge in [0.05, 0.1) is 5.75 Å². The van der Waals surface area contributed by atoms with Crippen molar-refractivity contribution in [2.24, 2.45) is 5.92 Å². The number of fused-ring (bicyclic) bond motifs is 1. The number of anilines is 1. The molecule has 0 aromatic heterocycles. The van der Waals surface area contributed by atoms with Crippen LogP contribution in [0.4, 0.5) is 18.9 Å². The minimum absolute atomic E-state index is 0.0542. The van der Waals surface area contributed by atoms with Crippen LogP contribution >= 0.6 is 0 Å². The van der Waals surface area contributed by atoms with Crippen molar-refractivity contribution in [3.63, 3.8) is 0 Å². The normalized spacial score (nSPS) is 24.5. The summed E-state index contributed by atoms with van der Waals surface area (Å²) in [5, 5.41) is 3.03. The highest BCUT2D eigenvalue weighted by Crippen LogP contribution is 2.44. The Hall–Kier alpha value is -1.68. The summed E-state index contributed by atoms with van der Waals surface area (Å²) in [5.41, 5.74) is 0.330. The van der Waals surface area contributed by atoms with Gasteiger partial charge in [0, 0.05) is 30.4 Å². The summed E-state index contributed by atoms with van der Waals surface area (Å²) in [6, 6.07) is 2.31. The zero-order valence-electron chi connectivity index (χ0n) is 14.2. The van der Waals surface area contributed by atoms with E-state index in [0.29, 0.717) is 12.2 Å². The maximum absolute atomic E-state index is 13.9. The maximum atomic E-state index is 13.9. The van der Waals surface area contributed by atoms with Crippen LogP contribution in [0.1, 0.15) is 32.6 Å². The number of benzene rings is 1. The third-order valence-electron chi connectivity index (χ3n) is 4.63. The molecule has 6 nitrogen and oxygen atoms in total. The molecule has 1 aliphatic heterocycles. The highest BCUT2D eigenvalue weighted by Gasteiger charge is 2.45. The number of nitrogens with one attached hydrogen (secondary N) is 2. The van der Waals surface area contributed by atoms with Gasteiger partial charge in [0.1, 0.15) is 0 Å². The molecule has 1 aliphatic carbocycles. The van der Waals surface area contributed by atoms with Gasteiger partial charge in [-0.05, 0) is 38.5 Å². The Balaban J connectivity index is 1.51. The topological polar surface area (TPSA) is 76.7 Å². The molecule has 0 amide bonds. The van der Waals surface area contributed by atoms with Crippen molar-refractivity contribution in [1.82, 2.24) is 4.72 Å². The third-order valence-corrected chi connectivity index (χ3v) is 6.08. The lowest BCUT2D eigenvalue weighted by Gasteiger charge is -2.29. The Morgan fingerprint density at radius 2 is 1.88 bits per heavy atom. The Morgan fingerprint density at radius 3 is 2.54 bits per heavy atom. The summed E-state index contributed by atoms with van der Waals surface area (Å²) in [7, 11) is -3.21. The van der Waals surface area contributed by atoms with Gasteiger partial charge in [0.2, 0.25) is 15.8 Å². The minimum atomic E-state index is -3.86. The summed E-state index contributed by atoms with van der Waals surface area (Å²) in [4.78, 5) is 0. The number of rotatable bonds is 6. The molecule has 1 saturated carbocycles. The second-order valence-corrected chi connectivity index (χ2v) is 8.62. The van der Waals surface area contributed by atoms with E-state index in [1.54, 1.807) is 6.92 Å². The first-order chi connectivity index (χ1) is 12.2.